The number of nitrogens with one attached hydrogen (secondary N) is 1. The summed E-state index contributed by atoms with van der Waals surface area (Å²) in [5.41, 5.74) is 2.43. The molecule has 1 N–H and O–H groups in total. The quantitative estimate of drug-likeness (QED) is 0.661. The van der Waals surface area contributed by atoms with Crippen LogP contribution in [0.1, 0.15) is 17.5 Å². The Kier molecular flexibility index (Phi) is 8.65. The monoisotopic (exact) mass is 370 g/mol. The number of carbonyl (C=O) groups excluding carboxylic acids is 1. The van der Waals surface area contributed by atoms with Gasteiger partial charge in [-0.15, -0.1) is 0 Å². The lowest BCUT2D eigenvalue weighted by atomic mass is 10.1. The fourth-order valence-corrected chi connectivity index (χ4v) is 2.84. The van der Waals surface area contributed by atoms with Crippen molar-refractivity contribution in [3.63, 3.8) is 0 Å². The summed E-state index contributed by atoms with van der Waals surface area (Å²) in [6.07, 6.45) is 2.27. The number of ether oxygens (including phenoxy) is 2. The van der Waals surface area contributed by atoms with Gasteiger partial charge in [0.2, 0.25) is 5.91 Å². The maximum atomic E-state index is 12.0. The van der Waals surface area contributed by atoms with Gasteiger partial charge in [-0.1, -0.05) is 36.4 Å². The second-order valence-electron chi connectivity index (χ2n) is 6.58. The molecule has 0 aliphatic heterocycles. The van der Waals surface area contributed by atoms with Crippen molar-refractivity contribution in [3.8, 4) is 11.5 Å². The number of nitrogens with zero attached hydrogens (tertiary/aromatic N) is 1. The zero-order valence-electron chi connectivity index (χ0n) is 16.5. The van der Waals surface area contributed by atoms with Crippen LogP contribution in [0.25, 0.3) is 0 Å². The number of rotatable bonds is 11. The maximum Gasteiger partial charge on any atom is 0.221 e. The lowest BCUT2D eigenvalue weighted by molar-refractivity contribution is -0.121. The first kappa shape index (κ1) is 20.8. The van der Waals surface area contributed by atoms with Gasteiger partial charge in [0.15, 0.2) is 11.5 Å². The van der Waals surface area contributed by atoms with E-state index in [4.69, 9.17) is 9.47 Å². The van der Waals surface area contributed by atoms with Gasteiger partial charge < -0.3 is 19.7 Å². The normalized spacial score (nSPS) is 10.7. The highest BCUT2D eigenvalue weighted by Crippen LogP contribution is 2.27. The Morgan fingerprint density at radius 3 is 2.37 bits per heavy atom. The zero-order valence-corrected chi connectivity index (χ0v) is 16.5. The molecular weight excluding hydrogens is 340 g/mol. The predicted molar refractivity (Wildman–Crippen MR) is 109 cm³/mol. The van der Waals surface area contributed by atoms with Crippen molar-refractivity contribution in [2.45, 2.75) is 19.3 Å². The summed E-state index contributed by atoms with van der Waals surface area (Å²) in [5.74, 6) is 1.58. The highest BCUT2D eigenvalue weighted by Gasteiger charge is 2.07. The fourth-order valence-electron chi connectivity index (χ4n) is 2.84. The van der Waals surface area contributed by atoms with Crippen LogP contribution < -0.4 is 14.8 Å². The van der Waals surface area contributed by atoms with E-state index in [9.17, 15) is 4.79 Å². The van der Waals surface area contributed by atoms with E-state index < -0.39 is 0 Å². The topological polar surface area (TPSA) is 50.8 Å². The van der Waals surface area contributed by atoms with E-state index in [2.05, 4.69) is 22.3 Å². The summed E-state index contributed by atoms with van der Waals surface area (Å²) in [6, 6.07) is 16.2. The van der Waals surface area contributed by atoms with Crippen LogP contribution in [0.2, 0.25) is 0 Å². The Bertz CT molecular complexity index is 704. The summed E-state index contributed by atoms with van der Waals surface area (Å²) in [6.45, 7) is 2.30. The number of hydrogen-bond donors (Lipinski definition) is 1. The van der Waals surface area contributed by atoms with Crippen molar-refractivity contribution in [1.29, 1.82) is 0 Å². The largest absolute Gasteiger partial charge is 0.493 e. The minimum absolute atomic E-state index is 0.101. The van der Waals surface area contributed by atoms with Crippen LogP contribution in [0, 0.1) is 0 Å². The Labute approximate surface area is 162 Å². The summed E-state index contributed by atoms with van der Waals surface area (Å²) in [5, 5.41) is 2.99. The molecule has 0 saturated carbocycles. The first-order chi connectivity index (χ1) is 13.1. The van der Waals surface area contributed by atoms with Crippen molar-refractivity contribution in [2.75, 3.05) is 40.9 Å². The van der Waals surface area contributed by atoms with E-state index in [1.54, 1.807) is 14.2 Å². The minimum Gasteiger partial charge on any atom is -0.493 e. The lowest BCUT2D eigenvalue weighted by Gasteiger charge is -2.17. The molecule has 2 rings (SSSR count). The van der Waals surface area contributed by atoms with E-state index in [1.807, 2.05) is 43.4 Å². The first-order valence-corrected chi connectivity index (χ1v) is 9.32. The van der Waals surface area contributed by atoms with Crippen LogP contribution in [0.4, 0.5) is 0 Å². The van der Waals surface area contributed by atoms with Gasteiger partial charge in [-0.2, -0.15) is 0 Å². The Balaban J connectivity index is 1.65. The standard InChI is InChI=1S/C22H30N2O3/c1-24(15-12-19-9-10-20(26-2)21(17-19)27-3)16-13-22(25)23-14-11-18-7-5-4-6-8-18/h4-10,17H,11-16H2,1-3H3,(H,23,25). The van der Waals surface area contributed by atoms with Crippen LogP contribution in [0.3, 0.4) is 0 Å². The molecule has 5 nitrogen and oxygen atoms in total. The van der Waals surface area contributed by atoms with E-state index in [0.29, 0.717) is 13.0 Å². The van der Waals surface area contributed by atoms with Crippen molar-refractivity contribution in [2.24, 2.45) is 0 Å². The Hall–Kier alpha value is -2.53. The molecule has 0 fully saturated rings. The molecule has 0 aliphatic carbocycles. The minimum atomic E-state index is 0.101. The molecule has 1 amide bonds. The fraction of sp³-hybridized carbons (Fsp3) is 0.409. The number of amides is 1. The molecule has 0 unspecified atom stereocenters. The van der Waals surface area contributed by atoms with Crippen LogP contribution in [-0.4, -0.2) is 51.7 Å². The van der Waals surface area contributed by atoms with Crippen LogP contribution in [-0.2, 0) is 17.6 Å². The third-order valence-electron chi connectivity index (χ3n) is 4.53. The summed E-state index contributed by atoms with van der Waals surface area (Å²) in [4.78, 5) is 14.2. The molecule has 0 saturated heterocycles. The average molecular weight is 370 g/mol. The van der Waals surface area contributed by atoms with Crippen molar-refractivity contribution in [1.82, 2.24) is 10.2 Å². The number of carbonyl (C=O) groups is 1. The predicted octanol–water partition coefficient (Wildman–Crippen LogP) is 2.93. The second-order valence-corrected chi connectivity index (χ2v) is 6.58. The second kappa shape index (κ2) is 11.2. The molecule has 0 spiro atoms. The molecule has 0 aliphatic rings. The number of hydrogen-bond acceptors (Lipinski definition) is 4. The molecule has 0 bridgehead atoms. The third-order valence-corrected chi connectivity index (χ3v) is 4.53. The molecule has 0 aromatic heterocycles. The van der Waals surface area contributed by atoms with Crippen LogP contribution in [0.5, 0.6) is 11.5 Å². The van der Waals surface area contributed by atoms with Gasteiger partial charge in [0.1, 0.15) is 0 Å². The van der Waals surface area contributed by atoms with E-state index in [1.165, 1.54) is 11.1 Å². The molecule has 5 heteroatoms. The molecular formula is C22H30N2O3. The molecule has 0 atom stereocenters. The number of methoxy groups -OCH3 is 2. The van der Waals surface area contributed by atoms with E-state index in [-0.39, 0.29) is 5.91 Å². The Morgan fingerprint density at radius 2 is 1.67 bits per heavy atom. The highest BCUT2D eigenvalue weighted by atomic mass is 16.5. The number of likely N-dealkylation sites (N-methyl/N-ethyl adjacent to an activating group) is 1. The SMILES string of the molecule is COc1ccc(CCN(C)CCC(=O)NCCc2ccccc2)cc1OC. The average Bonchev–Trinajstić information content (AvgIpc) is 2.71. The zero-order chi connectivity index (χ0) is 19.5. The molecule has 0 heterocycles. The van der Waals surface area contributed by atoms with Gasteiger partial charge in [-0.25, -0.2) is 0 Å². The molecule has 146 valence electrons. The van der Waals surface area contributed by atoms with Gasteiger partial charge >= 0.3 is 0 Å². The van der Waals surface area contributed by atoms with Gasteiger partial charge in [-0.3, -0.25) is 4.79 Å². The van der Waals surface area contributed by atoms with Crippen molar-refractivity contribution in [3.05, 3.63) is 59.7 Å². The van der Waals surface area contributed by atoms with Gasteiger partial charge in [0.05, 0.1) is 14.2 Å². The van der Waals surface area contributed by atoms with E-state index >= 15 is 0 Å². The molecule has 0 radical (unpaired) electrons. The molecule has 27 heavy (non-hydrogen) atoms. The molecule has 2 aromatic carbocycles. The maximum absolute atomic E-state index is 12.0. The summed E-state index contributed by atoms with van der Waals surface area (Å²) >= 11 is 0. The van der Waals surface area contributed by atoms with Crippen molar-refractivity contribution < 1.29 is 14.3 Å². The summed E-state index contributed by atoms with van der Waals surface area (Å²) < 4.78 is 10.6. The van der Waals surface area contributed by atoms with Crippen LogP contribution in [0.15, 0.2) is 48.5 Å². The van der Waals surface area contributed by atoms with Gasteiger partial charge in [0.25, 0.3) is 0 Å². The summed E-state index contributed by atoms with van der Waals surface area (Å²) in [7, 11) is 5.32. The van der Waals surface area contributed by atoms with Crippen LogP contribution >= 0.6 is 0 Å². The molecule has 2 aromatic rings. The van der Waals surface area contributed by atoms with Gasteiger partial charge in [-0.05, 0) is 43.1 Å². The lowest BCUT2D eigenvalue weighted by Crippen LogP contribution is -2.31. The van der Waals surface area contributed by atoms with Crippen molar-refractivity contribution >= 4 is 5.91 Å². The number of benzene rings is 2. The highest BCUT2D eigenvalue weighted by molar-refractivity contribution is 5.76. The first-order valence-electron chi connectivity index (χ1n) is 9.32. The van der Waals surface area contributed by atoms with E-state index in [0.717, 1.165) is 37.4 Å². The van der Waals surface area contributed by atoms with Gasteiger partial charge in [0, 0.05) is 26.1 Å². The smallest absolute Gasteiger partial charge is 0.221 e. The third kappa shape index (κ3) is 7.31. The Morgan fingerprint density at radius 1 is 0.926 bits per heavy atom.